The van der Waals surface area contributed by atoms with E-state index in [1.807, 2.05) is 30.3 Å². The fourth-order valence-corrected chi connectivity index (χ4v) is 5.41. The Morgan fingerprint density at radius 3 is 2.54 bits per heavy atom. The van der Waals surface area contributed by atoms with Crippen LogP contribution in [-0.4, -0.2) is 34.9 Å². The van der Waals surface area contributed by atoms with Crippen molar-refractivity contribution >= 4 is 56.1 Å². The van der Waals surface area contributed by atoms with Gasteiger partial charge in [0.1, 0.15) is 16.8 Å². The molecule has 0 bridgehead atoms. The fraction of sp³-hybridized carbons (Fsp3) is 0.0769. The monoisotopic (exact) mass is 482 g/mol. The predicted octanol–water partition coefficient (Wildman–Crippen LogP) is 2.82. The first-order chi connectivity index (χ1) is 17.0. The number of nitrogens with zero attached hydrogens (tertiary/aromatic N) is 3. The molecule has 1 N–H and O–H groups in total. The molecule has 1 aliphatic heterocycles. The highest BCUT2D eigenvalue weighted by Crippen LogP contribution is 2.35. The number of imidazole rings is 1. The van der Waals surface area contributed by atoms with Gasteiger partial charge in [0.2, 0.25) is 5.91 Å². The van der Waals surface area contributed by atoms with Crippen LogP contribution in [0.15, 0.2) is 77.6 Å². The molecule has 5 aromatic rings. The van der Waals surface area contributed by atoms with Gasteiger partial charge in [-0.2, -0.15) is 0 Å². The van der Waals surface area contributed by atoms with Crippen LogP contribution in [0.3, 0.4) is 0 Å². The van der Waals surface area contributed by atoms with Crippen LogP contribution < -0.4 is 25.0 Å². The Balaban J connectivity index is 1.41. The second kappa shape index (κ2) is 8.07. The maximum absolute atomic E-state index is 13.6. The van der Waals surface area contributed by atoms with Gasteiger partial charge in [-0.1, -0.05) is 41.7 Å². The lowest BCUT2D eigenvalue weighted by molar-refractivity contribution is -0.118. The summed E-state index contributed by atoms with van der Waals surface area (Å²) in [6.45, 7) is -0.189. The Labute approximate surface area is 202 Å². The van der Waals surface area contributed by atoms with Crippen LogP contribution in [-0.2, 0) is 9.59 Å². The summed E-state index contributed by atoms with van der Waals surface area (Å²) in [7, 11) is 1.57. The van der Waals surface area contributed by atoms with Crippen molar-refractivity contribution < 1.29 is 14.3 Å². The summed E-state index contributed by atoms with van der Waals surface area (Å²) >= 11 is 1.18. The first-order valence-corrected chi connectivity index (χ1v) is 11.7. The zero-order valence-electron chi connectivity index (χ0n) is 18.5. The second-order valence-corrected chi connectivity index (χ2v) is 8.99. The molecule has 6 rings (SSSR count). The van der Waals surface area contributed by atoms with Gasteiger partial charge in [-0.25, -0.2) is 9.38 Å². The summed E-state index contributed by atoms with van der Waals surface area (Å²) < 4.78 is 6.99. The summed E-state index contributed by atoms with van der Waals surface area (Å²) in [5, 5.41) is 2.80. The lowest BCUT2D eigenvalue weighted by Crippen LogP contribution is -2.37. The number of benzene rings is 3. The molecule has 0 spiro atoms. The van der Waals surface area contributed by atoms with Crippen molar-refractivity contribution in [2.24, 2.45) is 0 Å². The molecule has 3 heterocycles. The van der Waals surface area contributed by atoms with E-state index in [-0.39, 0.29) is 23.9 Å². The number of methoxy groups -OCH3 is 1. The minimum absolute atomic E-state index is 0.189. The number of amides is 2. The number of fused-ring (bicyclic) bond motifs is 4. The van der Waals surface area contributed by atoms with Crippen molar-refractivity contribution in [2.75, 3.05) is 23.9 Å². The third-order valence-electron chi connectivity index (χ3n) is 5.95. The molecule has 0 atom stereocenters. The molecule has 0 fully saturated rings. The molecule has 0 saturated carbocycles. The molecule has 0 saturated heterocycles. The van der Waals surface area contributed by atoms with Gasteiger partial charge in [0, 0.05) is 11.3 Å². The molecule has 0 unspecified atom stereocenters. The van der Waals surface area contributed by atoms with Crippen LogP contribution in [0.25, 0.3) is 21.6 Å². The van der Waals surface area contributed by atoms with Crippen LogP contribution in [0.4, 0.5) is 11.4 Å². The summed E-state index contributed by atoms with van der Waals surface area (Å²) in [6.07, 6.45) is 0. The number of anilines is 2. The number of carbonyl (C=O) groups excluding carboxylic acids is 2. The first-order valence-electron chi connectivity index (χ1n) is 10.8. The maximum Gasteiger partial charge on any atom is 0.275 e. The van der Waals surface area contributed by atoms with Crippen LogP contribution >= 0.6 is 11.3 Å². The van der Waals surface area contributed by atoms with Gasteiger partial charge in [0.05, 0.1) is 29.4 Å². The predicted molar refractivity (Wildman–Crippen MR) is 135 cm³/mol. The summed E-state index contributed by atoms with van der Waals surface area (Å²) in [5.41, 5.74) is 3.23. The third-order valence-corrected chi connectivity index (χ3v) is 6.99. The number of thiazole rings is 1. The topological polar surface area (TPSA) is 93.0 Å². The first kappa shape index (κ1) is 21.1. The van der Waals surface area contributed by atoms with Crippen molar-refractivity contribution in [3.05, 3.63) is 93.2 Å². The quantitative estimate of drug-likeness (QED) is 0.425. The molecule has 2 amide bonds. The van der Waals surface area contributed by atoms with E-state index < -0.39 is 0 Å². The fourth-order valence-electron chi connectivity index (χ4n) is 4.34. The maximum atomic E-state index is 13.6. The minimum Gasteiger partial charge on any atom is -0.497 e. The summed E-state index contributed by atoms with van der Waals surface area (Å²) in [5.74, 6) is -0.0646. The van der Waals surface area contributed by atoms with E-state index in [0.29, 0.717) is 43.3 Å². The number of ether oxygens (including phenoxy) is 1. The Kier molecular flexibility index (Phi) is 4.85. The SMILES string of the molecule is COc1ccc(NC(=O)CN2C(=O)/C(=c3/sc4nc5ccccc5n4c3=O)c3ccccc32)cc1. The van der Waals surface area contributed by atoms with E-state index in [1.165, 1.54) is 20.6 Å². The Morgan fingerprint density at radius 2 is 1.74 bits per heavy atom. The minimum atomic E-state index is -0.387. The highest BCUT2D eigenvalue weighted by molar-refractivity contribution is 7.15. The van der Waals surface area contributed by atoms with Gasteiger partial charge in [0.25, 0.3) is 11.5 Å². The average molecular weight is 483 g/mol. The molecule has 0 radical (unpaired) electrons. The van der Waals surface area contributed by atoms with Gasteiger partial charge in [-0.15, -0.1) is 0 Å². The standard InChI is InChI=1S/C26H18N4O4S/c1-34-16-12-10-15(11-13-16)27-21(31)14-29-19-8-4-2-6-17(19)22(24(29)32)23-25(33)30-20-9-5-3-7-18(20)28-26(30)35-23/h2-13H,14H2,1H3,(H,27,31)/b23-22+. The number of carbonyl (C=O) groups is 2. The van der Waals surface area contributed by atoms with Crippen molar-refractivity contribution in [3.63, 3.8) is 0 Å². The van der Waals surface area contributed by atoms with Crippen molar-refractivity contribution in [1.82, 2.24) is 9.38 Å². The molecule has 35 heavy (non-hydrogen) atoms. The van der Waals surface area contributed by atoms with Crippen LogP contribution in [0.1, 0.15) is 5.56 Å². The molecule has 172 valence electrons. The molecular formula is C26H18N4O4S. The Hall–Kier alpha value is -4.50. The average Bonchev–Trinajstić information content (AvgIpc) is 3.48. The van der Waals surface area contributed by atoms with Crippen molar-refractivity contribution in [1.29, 1.82) is 0 Å². The Bertz CT molecular complexity index is 1750. The number of para-hydroxylation sites is 3. The van der Waals surface area contributed by atoms with E-state index in [9.17, 15) is 14.4 Å². The van der Waals surface area contributed by atoms with E-state index >= 15 is 0 Å². The van der Waals surface area contributed by atoms with E-state index in [0.717, 1.165) is 5.52 Å². The van der Waals surface area contributed by atoms with Gasteiger partial charge in [-0.3, -0.25) is 19.3 Å². The van der Waals surface area contributed by atoms with E-state index in [2.05, 4.69) is 10.3 Å². The van der Waals surface area contributed by atoms with Gasteiger partial charge in [0.15, 0.2) is 4.96 Å². The molecular weight excluding hydrogens is 464 g/mol. The van der Waals surface area contributed by atoms with Gasteiger partial charge in [-0.05, 0) is 42.5 Å². The molecule has 0 aliphatic carbocycles. The Morgan fingerprint density at radius 1 is 1.00 bits per heavy atom. The molecule has 2 aromatic heterocycles. The highest BCUT2D eigenvalue weighted by Gasteiger charge is 2.35. The number of rotatable bonds is 4. The van der Waals surface area contributed by atoms with Crippen LogP contribution in [0.5, 0.6) is 5.75 Å². The normalized spacial score (nSPS) is 14.5. The molecule has 3 aromatic carbocycles. The van der Waals surface area contributed by atoms with Crippen LogP contribution in [0.2, 0.25) is 0 Å². The number of hydrogen-bond acceptors (Lipinski definition) is 6. The smallest absolute Gasteiger partial charge is 0.275 e. The lowest BCUT2D eigenvalue weighted by Gasteiger charge is -2.16. The van der Waals surface area contributed by atoms with Crippen LogP contribution in [0, 0.1) is 0 Å². The van der Waals surface area contributed by atoms with Crippen molar-refractivity contribution in [3.8, 4) is 5.75 Å². The molecule has 9 heteroatoms. The highest BCUT2D eigenvalue weighted by atomic mass is 32.1. The van der Waals surface area contributed by atoms with Crippen molar-refractivity contribution in [2.45, 2.75) is 0 Å². The summed E-state index contributed by atoms with van der Waals surface area (Å²) in [4.78, 5) is 46.3. The number of hydrogen-bond donors (Lipinski definition) is 1. The van der Waals surface area contributed by atoms with Gasteiger partial charge >= 0.3 is 0 Å². The zero-order chi connectivity index (χ0) is 24.1. The van der Waals surface area contributed by atoms with Gasteiger partial charge < -0.3 is 10.1 Å². The third kappa shape index (κ3) is 3.36. The second-order valence-electron chi connectivity index (χ2n) is 8.01. The zero-order valence-corrected chi connectivity index (χ0v) is 19.3. The lowest BCUT2D eigenvalue weighted by atomic mass is 10.1. The van der Waals surface area contributed by atoms with E-state index in [4.69, 9.17) is 4.74 Å². The number of nitrogens with one attached hydrogen (secondary N) is 1. The molecule has 8 nitrogen and oxygen atoms in total. The largest absolute Gasteiger partial charge is 0.497 e. The molecule has 1 aliphatic rings. The van der Waals surface area contributed by atoms with E-state index in [1.54, 1.807) is 49.6 Å². The number of aromatic nitrogens is 2. The summed E-state index contributed by atoms with van der Waals surface area (Å²) in [6, 6.07) is 21.5.